The maximum Gasteiger partial charge on any atom is 0.129 e. The van der Waals surface area contributed by atoms with E-state index in [2.05, 4.69) is 5.43 Å². The molecule has 2 nitrogen and oxygen atoms in total. The van der Waals surface area contributed by atoms with Gasteiger partial charge in [-0.15, -0.1) is 0 Å². The first kappa shape index (κ1) is 14.6. The van der Waals surface area contributed by atoms with Crippen LogP contribution in [0.1, 0.15) is 11.1 Å². The Morgan fingerprint density at radius 3 is 2.20 bits per heavy atom. The van der Waals surface area contributed by atoms with Gasteiger partial charge in [-0.2, -0.15) is 0 Å². The van der Waals surface area contributed by atoms with Crippen molar-refractivity contribution >= 4 is 0 Å². The van der Waals surface area contributed by atoms with Crippen molar-refractivity contribution in [1.29, 1.82) is 0 Å². The monoisotopic (exact) mass is 280 g/mol. The van der Waals surface area contributed by atoms with Gasteiger partial charge in [-0.1, -0.05) is 18.2 Å². The van der Waals surface area contributed by atoms with Gasteiger partial charge in [0.05, 0.1) is 0 Å². The van der Waals surface area contributed by atoms with E-state index in [-0.39, 0.29) is 23.8 Å². The molecule has 1 unspecified atom stereocenters. The van der Waals surface area contributed by atoms with Gasteiger partial charge < -0.3 is 0 Å². The van der Waals surface area contributed by atoms with Crippen molar-refractivity contribution in [2.45, 2.75) is 18.9 Å². The predicted molar refractivity (Wildman–Crippen MR) is 71.3 cm³/mol. The van der Waals surface area contributed by atoms with Crippen molar-refractivity contribution in [3.63, 3.8) is 0 Å². The molecule has 3 N–H and O–H groups in total. The highest BCUT2D eigenvalue weighted by molar-refractivity contribution is 5.22. The van der Waals surface area contributed by atoms with Gasteiger partial charge in [0.15, 0.2) is 0 Å². The molecular weight excluding hydrogens is 265 g/mol. The van der Waals surface area contributed by atoms with Crippen LogP contribution in [0.2, 0.25) is 0 Å². The Balaban J connectivity index is 2.13. The first-order valence-electron chi connectivity index (χ1n) is 6.23. The summed E-state index contributed by atoms with van der Waals surface area (Å²) in [6, 6.07) is 9.37. The second kappa shape index (κ2) is 6.54. The normalized spacial score (nSPS) is 12.4. The topological polar surface area (TPSA) is 38.0 Å². The third-order valence-electron chi connectivity index (χ3n) is 3.12. The van der Waals surface area contributed by atoms with Crippen LogP contribution in [0.4, 0.5) is 13.2 Å². The minimum Gasteiger partial charge on any atom is -0.271 e. The lowest BCUT2D eigenvalue weighted by atomic mass is 9.99. The molecule has 0 fully saturated rings. The predicted octanol–water partition coefficient (Wildman–Crippen LogP) is 2.72. The van der Waals surface area contributed by atoms with E-state index in [1.54, 1.807) is 12.1 Å². The molecule has 2 aromatic rings. The maximum absolute atomic E-state index is 13.6. The van der Waals surface area contributed by atoms with Gasteiger partial charge in [0.2, 0.25) is 0 Å². The van der Waals surface area contributed by atoms with E-state index in [4.69, 9.17) is 5.84 Å². The largest absolute Gasteiger partial charge is 0.271 e. The molecule has 20 heavy (non-hydrogen) atoms. The van der Waals surface area contributed by atoms with Crippen LogP contribution in [-0.2, 0) is 12.8 Å². The number of hydrogen-bond donors (Lipinski definition) is 2. The van der Waals surface area contributed by atoms with Crippen molar-refractivity contribution in [3.8, 4) is 0 Å². The van der Waals surface area contributed by atoms with Crippen LogP contribution >= 0.6 is 0 Å². The van der Waals surface area contributed by atoms with Crippen LogP contribution < -0.4 is 11.3 Å². The summed E-state index contributed by atoms with van der Waals surface area (Å²) in [5, 5.41) is 0. The zero-order chi connectivity index (χ0) is 14.5. The van der Waals surface area contributed by atoms with Gasteiger partial charge in [0.1, 0.15) is 17.5 Å². The Kier molecular flexibility index (Phi) is 4.76. The maximum atomic E-state index is 13.6. The smallest absolute Gasteiger partial charge is 0.129 e. The van der Waals surface area contributed by atoms with Crippen LogP contribution in [0.15, 0.2) is 42.5 Å². The third-order valence-corrected chi connectivity index (χ3v) is 3.12. The van der Waals surface area contributed by atoms with E-state index >= 15 is 0 Å². The summed E-state index contributed by atoms with van der Waals surface area (Å²) in [4.78, 5) is 0. The van der Waals surface area contributed by atoms with Crippen LogP contribution in [-0.4, -0.2) is 6.04 Å². The Morgan fingerprint density at radius 1 is 0.950 bits per heavy atom. The highest BCUT2D eigenvalue weighted by atomic mass is 19.1. The van der Waals surface area contributed by atoms with E-state index in [9.17, 15) is 13.2 Å². The van der Waals surface area contributed by atoms with Gasteiger partial charge in [-0.05, 0) is 42.7 Å². The lowest BCUT2D eigenvalue weighted by Gasteiger charge is -2.17. The summed E-state index contributed by atoms with van der Waals surface area (Å²) in [5.41, 5.74) is 3.21. The zero-order valence-corrected chi connectivity index (χ0v) is 10.7. The molecule has 0 aliphatic heterocycles. The number of hydrogen-bond acceptors (Lipinski definition) is 2. The van der Waals surface area contributed by atoms with E-state index in [0.717, 1.165) is 0 Å². The Labute approximate surface area is 115 Å². The SMILES string of the molecule is NNC(Cc1cccc(F)c1)Cc1c(F)cccc1F. The molecule has 0 aromatic heterocycles. The summed E-state index contributed by atoms with van der Waals surface area (Å²) in [7, 11) is 0. The minimum atomic E-state index is -0.607. The quantitative estimate of drug-likeness (QED) is 0.653. The summed E-state index contributed by atoms with van der Waals surface area (Å²) < 4.78 is 40.3. The molecule has 2 rings (SSSR count). The van der Waals surface area contributed by atoms with Gasteiger partial charge in [-0.3, -0.25) is 11.3 Å². The number of rotatable bonds is 5. The first-order chi connectivity index (χ1) is 9.60. The molecule has 0 spiro atoms. The van der Waals surface area contributed by atoms with Crippen LogP contribution in [0.5, 0.6) is 0 Å². The van der Waals surface area contributed by atoms with Crippen molar-refractivity contribution in [3.05, 3.63) is 71.0 Å². The number of benzene rings is 2. The molecule has 0 saturated carbocycles. The lowest BCUT2D eigenvalue weighted by molar-refractivity contribution is 0.483. The highest BCUT2D eigenvalue weighted by Crippen LogP contribution is 2.16. The van der Waals surface area contributed by atoms with Gasteiger partial charge in [-0.25, -0.2) is 13.2 Å². The molecule has 0 amide bonds. The second-order valence-corrected chi connectivity index (χ2v) is 4.60. The Hall–Kier alpha value is -1.85. The molecule has 1 atom stereocenters. The average Bonchev–Trinajstić information content (AvgIpc) is 2.42. The molecule has 0 aliphatic rings. The van der Waals surface area contributed by atoms with E-state index in [1.807, 2.05) is 0 Å². The Morgan fingerprint density at radius 2 is 1.60 bits per heavy atom. The van der Waals surface area contributed by atoms with Crippen LogP contribution in [0.3, 0.4) is 0 Å². The lowest BCUT2D eigenvalue weighted by Crippen LogP contribution is -2.38. The summed E-state index contributed by atoms with van der Waals surface area (Å²) in [6.45, 7) is 0. The molecule has 5 heteroatoms. The molecule has 0 bridgehead atoms. The number of nitrogens with two attached hydrogens (primary N) is 1. The van der Waals surface area contributed by atoms with Crippen LogP contribution in [0.25, 0.3) is 0 Å². The van der Waals surface area contributed by atoms with Crippen molar-refractivity contribution < 1.29 is 13.2 Å². The van der Waals surface area contributed by atoms with Crippen molar-refractivity contribution in [2.75, 3.05) is 0 Å². The van der Waals surface area contributed by atoms with Crippen molar-refractivity contribution in [2.24, 2.45) is 5.84 Å². The first-order valence-corrected chi connectivity index (χ1v) is 6.23. The van der Waals surface area contributed by atoms with Gasteiger partial charge >= 0.3 is 0 Å². The van der Waals surface area contributed by atoms with Gasteiger partial charge in [0.25, 0.3) is 0 Å². The molecule has 106 valence electrons. The molecule has 0 heterocycles. The zero-order valence-electron chi connectivity index (χ0n) is 10.7. The minimum absolute atomic E-state index is 0.0214. The number of nitrogens with one attached hydrogen (secondary N) is 1. The average molecular weight is 280 g/mol. The summed E-state index contributed by atoms with van der Waals surface area (Å²) >= 11 is 0. The summed E-state index contributed by atoms with van der Waals surface area (Å²) in [5.74, 6) is 3.85. The van der Waals surface area contributed by atoms with E-state index in [0.29, 0.717) is 12.0 Å². The number of hydrazine groups is 1. The molecule has 0 aliphatic carbocycles. The van der Waals surface area contributed by atoms with Crippen molar-refractivity contribution in [1.82, 2.24) is 5.43 Å². The fourth-order valence-corrected chi connectivity index (χ4v) is 2.11. The standard InChI is InChI=1S/C15H15F3N2/c16-11-4-1-3-10(7-11)8-12(20-19)9-13-14(17)5-2-6-15(13)18/h1-7,12,20H,8-9,19H2. The Bertz CT molecular complexity index is 567. The molecule has 2 aromatic carbocycles. The highest BCUT2D eigenvalue weighted by Gasteiger charge is 2.15. The second-order valence-electron chi connectivity index (χ2n) is 4.60. The van der Waals surface area contributed by atoms with Gasteiger partial charge in [0, 0.05) is 11.6 Å². The fourth-order valence-electron chi connectivity index (χ4n) is 2.11. The number of halogens is 3. The molecule has 0 radical (unpaired) electrons. The van der Waals surface area contributed by atoms with E-state index in [1.165, 1.54) is 30.3 Å². The fraction of sp³-hybridized carbons (Fsp3) is 0.200. The molecule has 0 saturated heterocycles. The van der Waals surface area contributed by atoms with E-state index < -0.39 is 11.6 Å². The molecular formula is C15H15F3N2. The third kappa shape index (κ3) is 3.59. The summed E-state index contributed by atoms with van der Waals surface area (Å²) in [6.07, 6.45) is 0.466. The van der Waals surface area contributed by atoms with Crippen LogP contribution in [0, 0.1) is 17.5 Å².